The van der Waals surface area contributed by atoms with E-state index in [1.54, 1.807) is 0 Å². The van der Waals surface area contributed by atoms with Gasteiger partial charge in [-0.05, 0) is 30.5 Å². The third kappa shape index (κ3) is 4.90. The molecule has 17 heavy (non-hydrogen) atoms. The Hall–Kier alpha value is -0.830. The van der Waals surface area contributed by atoms with Gasteiger partial charge in [-0.25, -0.2) is 0 Å². The average molecular weight is 298 g/mol. The van der Waals surface area contributed by atoms with Crippen LogP contribution in [0.3, 0.4) is 0 Å². The zero-order valence-electron chi connectivity index (χ0n) is 10.7. The SMILES string of the molecule is CCCC(C)CC(=O)Nc1cc(Br)ccc1C. The fraction of sp³-hybridized carbons (Fsp3) is 0.500. The van der Waals surface area contributed by atoms with Crippen molar-refractivity contribution in [3.8, 4) is 0 Å². The second-order valence-corrected chi connectivity index (χ2v) is 5.52. The Kier molecular flexibility index (Phi) is 5.69. The maximum absolute atomic E-state index is 11.8. The van der Waals surface area contributed by atoms with Gasteiger partial charge in [0.15, 0.2) is 0 Å². The minimum atomic E-state index is 0.104. The minimum absolute atomic E-state index is 0.104. The Morgan fingerprint density at radius 1 is 1.47 bits per heavy atom. The number of aryl methyl sites for hydroxylation is 1. The van der Waals surface area contributed by atoms with Gasteiger partial charge >= 0.3 is 0 Å². The summed E-state index contributed by atoms with van der Waals surface area (Å²) in [4.78, 5) is 11.8. The van der Waals surface area contributed by atoms with Crippen molar-refractivity contribution in [2.24, 2.45) is 5.92 Å². The molecule has 0 spiro atoms. The quantitative estimate of drug-likeness (QED) is 0.850. The Bertz CT molecular complexity index is 390. The summed E-state index contributed by atoms with van der Waals surface area (Å²) in [5, 5.41) is 2.97. The maximum atomic E-state index is 11.8. The first-order chi connectivity index (χ1) is 8.02. The van der Waals surface area contributed by atoms with Crippen molar-refractivity contribution in [2.75, 3.05) is 5.32 Å². The average Bonchev–Trinajstić information content (AvgIpc) is 2.23. The van der Waals surface area contributed by atoms with Crippen LogP contribution in [-0.2, 0) is 4.79 Å². The van der Waals surface area contributed by atoms with Gasteiger partial charge < -0.3 is 5.32 Å². The van der Waals surface area contributed by atoms with Gasteiger partial charge in [0.25, 0.3) is 0 Å². The molecule has 1 rings (SSSR count). The van der Waals surface area contributed by atoms with E-state index in [0.29, 0.717) is 12.3 Å². The van der Waals surface area contributed by atoms with E-state index in [1.807, 2.05) is 25.1 Å². The number of halogens is 1. The number of hydrogen-bond acceptors (Lipinski definition) is 1. The standard InChI is InChI=1S/C14H20BrNO/c1-4-5-10(2)8-14(17)16-13-9-12(15)7-6-11(13)3/h6-7,9-10H,4-5,8H2,1-3H3,(H,16,17). The van der Waals surface area contributed by atoms with Crippen LogP contribution in [0.25, 0.3) is 0 Å². The third-order valence-electron chi connectivity index (χ3n) is 2.79. The maximum Gasteiger partial charge on any atom is 0.224 e. The molecular weight excluding hydrogens is 278 g/mol. The van der Waals surface area contributed by atoms with Gasteiger partial charge in [-0.2, -0.15) is 0 Å². The number of carbonyl (C=O) groups is 1. The Morgan fingerprint density at radius 2 is 2.18 bits per heavy atom. The first-order valence-electron chi connectivity index (χ1n) is 6.09. The molecule has 1 aromatic rings. The van der Waals surface area contributed by atoms with E-state index in [2.05, 4.69) is 35.1 Å². The molecule has 0 aromatic heterocycles. The lowest BCUT2D eigenvalue weighted by Gasteiger charge is -2.12. The molecule has 0 saturated heterocycles. The summed E-state index contributed by atoms with van der Waals surface area (Å²) in [5.74, 6) is 0.555. The highest BCUT2D eigenvalue weighted by Crippen LogP contribution is 2.21. The Balaban J connectivity index is 2.58. The van der Waals surface area contributed by atoms with Crippen molar-refractivity contribution in [3.05, 3.63) is 28.2 Å². The lowest BCUT2D eigenvalue weighted by Crippen LogP contribution is -2.15. The van der Waals surface area contributed by atoms with Crippen LogP contribution < -0.4 is 5.32 Å². The Labute approximate surface area is 112 Å². The van der Waals surface area contributed by atoms with Crippen molar-refractivity contribution >= 4 is 27.5 Å². The molecule has 0 aliphatic heterocycles. The smallest absolute Gasteiger partial charge is 0.224 e. The molecule has 0 saturated carbocycles. The Morgan fingerprint density at radius 3 is 2.82 bits per heavy atom. The van der Waals surface area contributed by atoms with Crippen LogP contribution >= 0.6 is 15.9 Å². The number of hydrogen-bond donors (Lipinski definition) is 1. The predicted molar refractivity (Wildman–Crippen MR) is 76.2 cm³/mol. The highest BCUT2D eigenvalue weighted by molar-refractivity contribution is 9.10. The molecular formula is C14H20BrNO. The van der Waals surface area contributed by atoms with Gasteiger partial charge in [0.2, 0.25) is 5.91 Å². The molecule has 0 aliphatic rings. The van der Waals surface area contributed by atoms with Gasteiger partial charge in [-0.1, -0.05) is 48.7 Å². The summed E-state index contributed by atoms with van der Waals surface area (Å²) in [5.41, 5.74) is 1.98. The van der Waals surface area contributed by atoms with Crippen molar-refractivity contribution in [1.29, 1.82) is 0 Å². The van der Waals surface area contributed by atoms with Crippen LogP contribution in [0.15, 0.2) is 22.7 Å². The molecule has 94 valence electrons. The lowest BCUT2D eigenvalue weighted by atomic mass is 10.0. The van der Waals surface area contributed by atoms with Crippen molar-refractivity contribution in [3.63, 3.8) is 0 Å². The van der Waals surface area contributed by atoms with Crippen LogP contribution in [0.1, 0.15) is 38.7 Å². The molecule has 2 nitrogen and oxygen atoms in total. The molecule has 1 atom stereocenters. The monoisotopic (exact) mass is 297 g/mol. The zero-order valence-corrected chi connectivity index (χ0v) is 12.3. The van der Waals surface area contributed by atoms with Gasteiger partial charge in [0.05, 0.1) is 0 Å². The molecule has 0 aliphatic carbocycles. The number of nitrogens with one attached hydrogen (secondary N) is 1. The normalized spacial score (nSPS) is 12.2. The van der Waals surface area contributed by atoms with E-state index >= 15 is 0 Å². The van der Waals surface area contributed by atoms with E-state index < -0.39 is 0 Å². The summed E-state index contributed by atoms with van der Waals surface area (Å²) in [7, 11) is 0. The van der Waals surface area contributed by atoms with Gasteiger partial charge in [0, 0.05) is 16.6 Å². The molecule has 0 heterocycles. The number of rotatable bonds is 5. The molecule has 1 N–H and O–H groups in total. The highest BCUT2D eigenvalue weighted by atomic mass is 79.9. The second-order valence-electron chi connectivity index (χ2n) is 4.61. The number of anilines is 1. The van der Waals surface area contributed by atoms with E-state index in [9.17, 15) is 4.79 Å². The molecule has 0 bridgehead atoms. The first kappa shape index (κ1) is 14.2. The zero-order chi connectivity index (χ0) is 12.8. The summed E-state index contributed by atoms with van der Waals surface area (Å²) in [6.07, 6.45) is 2.83. The summed E-state index contributed by atoms with van der Waals surface area (Å²) < 4.78 is 0.986. The van der Waals surface area contributed by atoms with E-state index in [-0.39, 0.29) is 5.91 Å². The van der Waals surface area contributed by atoms with Crippen LogP contribution in [0.5, 0.6) is 0 Å². The van der Waals surface area contributed by atoms with Gasteiger partial charge in [-0.3, -0.25) is 4.79 Å². The summed E-state index contributed by atoms with van der Waals surface area (Å²) in [6.45, 7) is 6.27. The first-order valence-corrected chi connectivity index (χ1v) is 6.88. The van der Waals surface area contributed by atoms with E-state index in [4.69, 9.17) is 0 Å². The number of amides is 1. The fourth-order valence-corrected chi connectivity index (χ4v) is 2.20. The van der Waals surface area contributed by atoms with Crippen molar-refractivity contribution in [1.82, 2.24) is 0 Å². The largest absolute Gasteiger partial charge is 0.326 e. The predicted octanol–water partition coefficient (Wildman–Crippen LogP) is 4.52. The van der Waals surface area contributed by atoms with Crippen LogP contribution in [0.2, 0.25) is 0 Å². The van der Waals surface area contributed by atoms with Crippen molar-refractivity contribution < 1.29 is 4.79 Å². The number of benzene rings is 1. The van der Waals surface area contributed by atoms with Crippen LogP contribution in [-0.4, -0.2) is 5.91 Å². The summed E-state index contributed by atoms with van der Waals surface area (Å²) in [6, 6.07) is 5.91. The van der Waals surface area contributed by atoms with Crippen molar-refractivity contribution in [2.45, 2.75) is 40.0 Å². The third-order valence-corrected chi connectivity index (χ3v) is 3.28. The molecule has 3 heteroatoms. The van der Waals surface area contributed by atoms with Crippen LogP contribution in [0, 0.1) is 12.8 Å². The molecule has 1 aromatic carbocycles. The van der Waals surface area contributed by atoms with Crippen LogP contribution in [0.4, 0.5) is 5.69 Å². The molecule has 0 fully saturated rings. The van der Waals surface area contributed by atoms with E-state index in [1.165, 1.54) is 0 Å². The van der Waals surface area contributed by atoms with E-state index in [0.717, 1.165) is 28.6 Å². The lowest BCUT2D eigenvalue weighted by molar-refractivity contribution is -0.117. The van der Waals surface area contributed by atoms with Gasteiger partial charge in [0.1, 0.15) is 0 Å². The topological polar surface area (TPSA) is 29.1 Å². The highest BCUT2D eigenvalue weighted by Gasteiger charge is 2.09. The molecule has 1 amide bonds. The second kappa shape index (κ2) is 6.80. The minimum Gasteiger partial charge on any atom is -0.326 e. The molecule has 0 radical (unpaired) electrons. The summed E-state index contributed by atoms with van der Waals surface area (Å²) >= 11 is 3.41. The van der Waals surface area contributed by atoms with Gasteiger partial charge in [-0.15, -0.1) is 0 Å². The fourth-order valence-electron chi connectivity index (χ4n) is 1.84. The molecule has 1 unspecified atom stereocenters. The number of carbonyl (C=O) groups excluding carboxylic acids is 1.